The van der Waals surface area contributed by atoms with Crippen LogP contribution < -0.4 is 5.73 Å². The summed E-state index contributed by atoms with van der Waals surface area (Å²) in [6.07, 6.45) is 1.94. The Bertz CT molecular complexity index is 451. The molecule has 0 radical (unpaired) electrons. The van der Waals surface area contributed by atoms with Gasteiger partial charge in [0.15, 0.2) is 0 Å². The first-order valence-corrected chi connectivity index (χ1v) is 7.98. The highest BCUT2D eigenvalue weighted by Crippen LogP contribution is 2.30. The van der Waals surface area contributed by atoms with Crippen LogP contribution in [0.25, 0.3) is 0 Å². The van der Waals surface area contributed by atoms with Crippen molar-refractivity contribution in [2.75, 3.05) is 26.7 Å². The second-order valence-electron chi connectivity index (χ2n) is 6.24. The van der Waals surface area contributed by atoms with Gasteiger partial charge in [-0.1, -0.05) is 25.1 Å². The lowest BCUT2D eigenvalue weighted by Gasteiger charge is -2.39. The minimum atomic E-state index is -0.142. The predicted molar refractivity (Wildman–Crippen MR) is 85.7 cm³/mol. The van der Waals surface area contributed by atoms with Crippen molar-refractivity contribution in [3.8, 4) is 0 Å². The molecule has 1 aliphatic rings. The molecule has 0 saturated carbocycles. The number of likely N-dealkylation sites (N-methyl/N-ethyl adjacent to an activating group) is 1. The average Bonchev–Trinajstić information content (AvgIpc) is 2.62. The first-order valence-electron chi connectivity index (χ1n) is 7.98. The number of nitrogens with zero attached hydrogens (tertiary/aromatic N) is 2. The Balaban J connectivity index is 2.33. The fraction of sp³-hybridized carbons (Fsp3) is 0.647. The maximum atomic E-state index is 14.3. The molecule has 3 atom stereocenters. The fourth-order valence-electron chi connectivity index (χ4n) is 3.40. The Labute approximate surface area is 127 Å². The molecule has 0 amide bonds. The normalized spacial score (nSPS) is 24.5. The van der Waals surface area contributed by atoms with Crippen molar-refractivity contribution in [3.63, 3.8) is 0 Å². The number of rotatable bonds is 4. The molecule has 1 aromatic carbocycles. The van der Waals surface area contributed by atoms with Gasteiger partial charge in [0.1, 0.15) is 5.82 Å². The van der Waals surface area contributed by atoms with E-state index in [1.165, 1.54) is 0 Å². The standard InChI is InChI=1S/C17H28FN3/c1-4-16(19)17(14-8-5-6-9-15(14)18)21-11-7-10-20(3)12-13(21)2/h5-6,8-9,13,16-17H,4,7,10-12,19H2,1-3H3. The zero-order chi connectivity index (χ0) is 15.4. The van der Waals surface area contributed by atoms with E-state index in [0.29, 0.717) is 6.04 Å². The molecule has 1 fully saturated rings. The van der Waals surface area contributed by atoms with Crippen molar-refractivity contribution < 1.29 is 4.39 Å². The minimum absolute atomic E-state index is 0.0438. The molecule has 4 heteroatoms. The molecular formula is C17H28FN3. The minimum Gasteiger partial charge on any atom is -0.326 e. The van der Waals surface area contributed by atoms with Crippen LogP contribution in [0.4, 0.5) is 4.39 Å². The van der Waals surface area contributed by atoms with E-state index in [4.69, 9.17) is 5.73 Å². The third-order valence-corrected chi connectivity index (χ3v) is 4.56. The van der Waals surface area contributed by atoms with Crippen LogP contribution in [0, 0.1) is 5.82 Å². The highest BCUT2D eigenvalue weighted by molar-refractivity contribution is 5.23. The quantitative estimate of drug-likeness (QED) is 0.926. The van der Waals surface area contributed by atoms with Crippen LogP contribution in [0.15, 0.2) is 24.3 Å². The van der Waals surface area contributed by atoms with Crippen LogP contribution >= 0.6 is 0 Å². The van der Waals surface area contributed by atoms with Gasteiger partial charge < -0.3 is 10.6 Å². The second-order valence-corrected chi connectivity index (χ2v) is 6.24. The van der Waals surface area contributed by atoms with E-state index in [1.807, 2.05) is 12.1 Å². The van der Waals surface area contributed by atoms with Gasteiger partial charge in [0.25, 0.3) is 0 Å². The molecule has 0 aromatic heterocycles. The van der Waals surface area contributed by atoms with E-state index in [-0.39, 0.29) is 17.9 Å². The van der Waals surface area contributed by atoms with Crippen molar-refractivity contribution in [2.24, 2.45) is 5.73 Å². The summed E-state index contributed by atoms with van der Waals surface area (Å²) in [5.41, 5.74) is 7.11. The van der Waals surface area contributed by atoms with Gasteiger partial charge in [-0.25, -0.2) is 4.39 Å². The highest BCUT2D eigenvalue weighted by atomic mass is 19.1. The lowest BCUT2D eigenvalue weighted by molar-refractivity contribution is 0.119. The Kier molecular flexibility index (Phi) is 5.73. The van der Waals surface area contributed by atoms with Gasteiger partial charge in [-0.3, -0.25) is 4.90 Å². The predicted octanol–water partition coefficient (Wildman–Crippen LogP) is 2.63. The van der Waals surface area contributed by atoms with Gasteiger partial charge in [0, 0.05) is 30.7 Å². The van der Waals surface area contributed by atoms with Gasteiger partial charge >= 0.3 is 0 Å². The topological polar surface area (TPSA) is 32.5 Å². The Morgan fingerprint density at radius 3 is 2.71 bits per heavy atom. The number of benzene rings is 1. The smallest absolute Gasteiger partial charge is 0.128 e. The molecular weight excluding hydrogens is 265 g/mol. The first kappa shape index (κ1) is 16.4. The van der Waals surface area contributed by atoms with Crippen LogP contribution in [0.1, 0.15) is 38.3 Å². The monoisotopic (exact) mass is 293 g/mol. The molecule has 2 rings (SSSR count). The van der Waals surface area contributed by atoms with E-state index >= 15 is 0 Å². The molecule has 0 aliphatic carbocycles. The summed E-state index contributed by atoms with van der Waals surface area (Å²) in [5, 5.41) is 0. The number of halogens is 1. The molecule has 3 unspecified atom stereocenters. The molecule has 0 spiro atoms. The van der Waals surface area contributed by atoms with Gasteiger partial charge in [-0.05, 0) is 39.4 Å². The van der Waals surface area contributed by atoms with Crippen molar-refractivity contribution in [1.82, 2.24) is 9.80 Å². The maximum absolute atomic E-state index is 14.3. The van der Waals surface area contributed by atoms with Crippen molar-refractivity contribution in [1.29, 1.82) is 0 Å². The highest BCUT2D eigenvalue weighted by Gasteiger charge is 2.32. The number of nitrogens with two attached hydrogens (primary N) is 1. The first-order chi connectivity index (χ1) is 10.0. The molecule has 21 heavy (non-hydrogen) atoms. The van der Waals surface area contributed by atoms with E-state index in [0.717, 1.165) is 38.0 Å². The van der Waals surface area contributed by atoms with Crippen molar-refractivity contribution in [3.05, 3.63) is 35.6 Å². The van der Waals surface area contributed by atoms with Gasteiger partial charge in [-0.2, -0.15) is 0 Å². The van der Waals surface area contributed by atoms with Gasteiger partial charge in [0.05, 0.1) is 6.04 Å². The van der Waals surface area contributed by atoms with E-state index in [9.17, 15) is 4.39 Å². The lowest BCUT2D eigenvalue weighted by atomic mass is 9.94. The van der Waals surface area contributed by atoms with Crippen LogP contribution in [0.5, 0.6) is 0 Å². The van der Waals surface area contributed by atoms with Crippen LogP contribution in [-0.2, 0) is 0 Å². The summed E-state index contributed by atoms with van der Waals surface area (Å²) in [4.78, 5) is 4.75. The fourth-order valence-corrected chi connectivity index (χ4v) is 3.40. The van der Waals surface area contributed by atoms with Crippen molar-refractivity contribution >= 4 is 0 Å². The summed E-state index contributed by atoms with van der Waals surface area (Å²) in [6, 6.07) is 7.36. The molecule has 0 bridgehead atoms. The molecule has 2 N–H and O–H groups in total. The van der Waals surface area contributed by atoms with Gasteiger partial charge in [-0.15, -0.1) is 0 Å². The maximum Gasteiger partial charge on any atom is 0.128 e. The third kappa shape index (κ3) is 3.82. The van der Waals surface area contributed by atoms with Crippen LogP contribution in [0.3, 0.4) is 0 Å². The van der Waals surface area contributed by atoms with Crippen LogP contribution in [-0.4, -0.2) is 48.6 Å². The summed E-state index contributed by atoms with van der Waals surface area (Å²) >= 11 is 0. The SMILES string of the molecule is CCC(N)C(c1ccccc1F)N1CCCN(C)CC1C. The number of hydrogen-bond donors (Lipinski definition) is 1. The third-order valence-electron chi connectivity index (χ3n) is 4.56. The zero-order valence-corrected chi connectivity index (χ0v) is 13.4. The summed E-state index contributed by atoms with van der Waals surface area (Å²) < 4.78 is 14.3. The summed E-state index contributed by atoms with van der Waals surface area (Å²) in [6.45, 7) is 7.36. The molecule has 3 nitrogen and oxygen atoms in total. The largest absolute Gasteiger partial charge is 0.326 e. The Hall–Kier alpha value is -0.970. The van der Waals surface area contributed by atoms with Gasteiger partial charge in [0.2, 0.25) is 0 Å². The molecule has 118 valence electrons. The second kappa shape index (κ2) is 7.34. The van der Waals surface area contributed by atoms with E-state index in [2.05, 4.69) is 30.7 Å². The molecule has 1 aliphatic heterocycles. The molecule has 1 heterocycles. The Morgan fingerprint density at radius 2 is 2.05 bits per heavy atom. The van der Waals surface area contributed by atoms with Crippen molar-refractivity contribution in [2.45, 2.75) is 44.8 Å². The molecule has 1 saturated heterocycles. The average molecular weight is 293 g/mol. The molecule has 1 aromatic rings. The summed E-state index contributed by atoms with van der Waals surface area (Å²) in [7, 11) is 2.15. The Morgan fingerprint density at radius 1 is 1.33 bits per heavy atom. The summed E-state index contributed by atoms with van der Waals surface area (Å²) in [5.74, 6) is -0.142. The lowest BCUT2D eigenvalue weighted by Crippen LogP contribution is -2.47. The van der Waals surface area contributed by atoms with Crippen LogP contribution in [0.2, 0.25) is 0 Å². The van der Waals surface area contributed by atoms with E-state index in [1.54, 1.807) is 12.1 Å². The number of hydrogen-bond acceptors (Lipinski definition) is 3. The zero-order valence-electron chi connectivity index (χ0n) is 13.4. The van der Waals surface area contributed by atoms with E-state index < -0.39 is 0 Å².